The minimum Gasteiger partial charge on any atom is -0.329 e. The van der Waals surface area contributed by atoms with Crippen molar-refractivity contribution in [3.63, 3.8) is 0 Å². The molecule has 0 bridgehead atoms. The van der Waals surface area contributed by atoms with E-state index < -0.39 is 9.84 Å². The Bertz CT molecular complexity index is 524. The summed E-state index contributed by atoms with van der Waals surface area (Å²) in [4.78, 5) is 11.4. The van der Waals surface area contributed by atoms with E-state index in [9.17, 15) is 13.2 Å². The van der Waals surface area contributed by atoms with E-state index in [0.29, 0.717) is 11.1 Å². The molecule has 94 valence electrons. The molecule has 0 aliphatic carbocycles. The van der Waals surface area contributed by atoms with Crippen LogP contribution in [0.2, 0.25) is 0 Å². The summed E-state index contributed by atoms with van der Waals surface area (Å²) in [6.45, 7) is 1.61. The SMILES string of the molecule is CC(=O)c1ccc(S(=O)(=O)CCN)cc1CN. The van der Waals surface area contributed by atoms with Crippen LogP contribution in [0.1, 0.15) is 22.8 Å². The van der Waals surface area contributed by atoms with Crippen LogP contribution in [-0.4, -0.2) is 26.5 Å². The van der Waals surface area contributed by atoms with Crippen LogP contribution in [0.5, 0.6) is 0 Å². The van der Waals surface area contributed by atoms with Gasteiger partial charge in [-0.25, -0.2) is 8.42 Å². The summed E-state index contributed by atoms with van der Waals surface area (Å²) >= 11 is 0. The fourth-order valence-electron chi connectivity index (χ4n) is 1.55. The lowest BCUT2D eigenvalue weighted by atomic mass is 10.0. The number of carbonyl (C=O) groups is 1. The molecule has 0 aromatic heterocycles. The topological polar surface area (TPSA) is 103 Å². The van der Waals surface area contributed by atoms with Crippen LogP contribution in [0.4, 0.5) is 0 Å². The van der Waals surface area contributed by atoms with Crippen LogP contribution in [0.15, 0.2) is 23.1 Å². The minimum atomic E-state index is -3.38. The van der Waals surface area contributed by atoms with E-state index in [4.69, 9.17) is 11.5 Å². The lowest BCUT2D eigenvalue weighted by molar-refractivity contribution is 0.101. The first-order valence-corrected chi connectivity index (χ1v) is 6.84. The third kappa shape index (κ3) is 3.12. The lowest BCUT2D eigenvalue weighted by Crippen LogP contribution is -2.16. The first-order valence-electron chi connectivity index (χ1n) is 5.19. The molecular weight excluding hydrogens is 240 g/mol. The maximum atomic E-state index is 11.8. The van der Waals surface area contributed by atoms with Gasteiger partial charge in [0.05, 0.1) is 10.6 Å². The first kappa shape index (κ1) is 13.8. The van der Waals surface area contributed by atoms with E-state index in [2.05, 4.69) is 0 Å². The summed E-state index contributed by atoms with van der Waals surface area (Å²) in [7, 11) is -3.38. The van der Waals surface area contributed by atoms with Gasteiger partial charge in [0, 0.05) is 18.7 Å². The normalized spacial score (nSPS) is 11.5. The average Bonchev–Trinajstić information content (AvgIpc) is 2.27. The van der Waals surface area contributed by atoms with Gasteiger partial charge in [0.25, 0.3) is 0 Å². The third-order valence-electron chi connectivity index (χ3n) is 2.42. The second-order valence-corrected chi connectivity index (χ2v) is 5.80. The van der Waals surface area contributed by atoms with Crippen LogP contribution in [0.3, 0.4) is 0 Å². The Labute approximate surface area is 101 Å². The molecule has 6 heteroatoms. The highest BCUT2D eigenvalue weighted by atomic mass is 32.2. The van der Waals surface area contributed by atoms with E-state index in [1.807, 2.05) is 0 Å². The highest BCUT2D eigenvalue weighted by Gasteiger charge is 2.16. The number of carbonyl (C=O) groups excluding carboxylic acids is 1. The fraction of sp³-hybridized carbons (Fsp3) is 0.364. The molecule has 0 heterocycles. The molecule has 0 fully saturated rings. The third-order valence-corrected chi connectivity index (χ3v) is 4.17. The van der Waals surface area contributed by atoms with Crippen LogP contribution in [0.25, 0.3) is 0 Å². The molecule has 0 amide bonds. The van der Waals surface area contributed by atoms with Gasteiger partial charge in [-0.05, 0) is 30.7 Å². The maximum absolute atomic E-state index is 11.8. The molecule has 0 atom stereocenters. The van der Waals surface area contributed by atoms with Gasteiger partial charge in [-0.1, -0.05) is 0 Å². The predicted molar refractivity (Wildman–Crippen MR) is 65.4 cm³/mol. The molecule has 0 aliphatic rings. The summed E-state index contributed by atoms with van der Waals surface area (Å²) in [5, 5.41) is 0. The maximum Gasteiger partial charge on any atom is 0.179 e. The van der Waals surface area contributed by atoms with Gasteiger partial charge in [-0.2, -0.15) is 0 Å². The number of hydrogen-bond donors (Lipinski definition) is 2. The van der Waals surface area contributed by atoms with E-state index in [-0.39, 0.29) is 29.5 Å². The molecule has 1 rings (SSSR count). The highest BCUT2D eigenvalue weighted by molar-refractivity contribution is 7.91. The van der Waals surface area contributed by atoms with Crippen molar-refractivity contribution >= 4 is 15.6 Å². The summed E-state index contributed by atoms with van der Waals surface area (Å²) in [5.41, 5.74) is 11.7. The van der Waals surface area contributed by atoms with Gasteiger partial charge < -0.3 is 11.5 Å². The second-order valence-electron chi connectivity index (χ2n) is 3.69. The Morgan fingerprint density at radius 2 is 1.94 bits per heavy atom. The largest absolute Gasteiger partial charge is 0.329 e. The highest BCUT2D eigenvalue weighted by Crippen LogP contribution is 2.17. The minimum absolute atomic E-state index is 0.0642. The van der Waals surface area contributed by atoms with E-state index in [0.717, 1.165) is 0 Å². The van der Waals surface area contributed by atoms with Crippen molar-refractivity contribution in [1.29, 1.82) is 0 Å². The Kier molecular flexibility index (Phi) is 4.39. The number of nitrogens with two attached hydrogens (primary N) is 2. The molecule has 0 saturated heterocycles. The van der Waals surface area contributed by atoms with Gasteiger partial charge >= 0.3 is 0 Å². The van der Waals surface area contributed by atoms with E-state index in [1.165, 1.54) is 25.1 Å². The van der Waals surface area contributed by atoms with E-state index >= 15 is 0 Å². The molecule has 1 aromatic carbocycles. The van der Waals surface area contributed by atoms with Crippen molar-refractivity contribution < 1.29 is 13.2 Å². The zero-order chi connectivity index (χ0) is 13.1. The van der Waals surface area contributed by atoms with Gasteiger partial charge in [0.15, 0.2) is 15.6 Å². The molecule has 1 aromatic rings. The van der Waals surface area contributed by atoms with Crippen molar-refractivity contribution in [2.75, 3.05) is 12.3 Å². The van der Waals surface area contributed by atoms with E-state index in [1.54, 1.807) is 0 Å². The molecule has 5 nitrogen and oxygen atoms in total. The molecule has 0 spiro atoms. The number of benzene rings is 1. The number of sulfone groups is 1. The number of rotatable bonds is 5. The Hall–Kier alpha value is -1.24. The van der Waals surface area contributed by atoms with Crippen molar-refractivity contribution in [3.8, 4) is 0 Å². The lowest BCUT2D eigenvalue weighted by Gasteiger charge is -2.08. The average molecular weight is 256 g/mol. The van der Waals surface area contributed by atoms with Crippen molar-refractivity contribution in [2.24, 2.45) is 11.5 Å². The first-order chi connectivity index (χ1) is 7.92. The number of hydrogen-bond acceptors (Lipinski definition) is 5. The summed E-state index contributed by atoms with van der Waals surface area (Å²) in [5.74, 6) is -0.246. The van der Waals surface area contributed by atoms with Crippen LogP contribution in [-0.2, 0) is 16.4 Å². The quantitative estimate of drug-likeness (QED) is 0.726. The molecular formula is C11H16N2O3S. The Morgan fingerprint density at radius 3 is 2.41 bits per heavy atom. The van der Waals surface area contributed by atoms with Crippen LogP contribution >= 0.6 is 0 Å². The second kappa shape index (κ2) is 5.39. The van der Waals surface area contributed by atoms with Gasteiger partial charge in [-0.3, -0.25) is 4.79 Å². The van der Waals surface area contributed by atoms with Gasteiger partial charge in [0.2, 0.25) is 0 Å². The number of Topliss-reactive ketones (excluding diaryl/α,β-unsaturated/α-hetero) is 1. The summed E-state index contributed by atoms with van der Waals surface area (Å²) in [6, 6.07) is 4.36. The Morgan fingerprint density at radius 1 is 1.29 bits per heavy atom. The molecule has 0 unspecified atom stereocenters. The molecule has 0 saturated carbocycles. The molecule has 0 radical (unpaired) electrons. The van der Waals surface area contributed by atoms with Gasteiger partial charge in [0.1, 0.15) is 0 Å². The Balaban J connectivity index is 3.27. The van der Waals surface area contributed by atoms with Crippen LogP contribution in [0, 0.1) is 0 Å². The monoisotopic (exact) mass is 256 g/mol. The molecule has 4 N–H and O–H groups in total. The molecule has 0 aliphatic heterocycles. The standard InChI is InChI=1S/C11H16N2O3S/c1-8(14)11-3-2-10(6-9(11)7-13)17(15,16)5-4-12/h2-3,6H,4-5,7,12-13H2,1H3. The van der Waals surface area contributed by atoms with Crippen molar-refractivity contribution in [2.45, 2.75) is 18.4 Å². The predicted octanol–water partition coefficient (Wildman–Crippen LogP) is 0.0803. The smallest absolute Gasteiger partial charge is 0.179 e. The van der Waals surface area contributed by atoms with Crippen molar-refractivity contribution in [1.82, 2.24) is 0 Å². The zero-order valence-electron chi connectivity index (χ0n) is 9.64. The molecule has 17 heavy (non-hydrogen) atoms. The summed E-state index contributed by atoms with van der Waals surface area (Å²) < 4.78 is 23.6. The zero-order valence-corrected chi connectivity index (χ0v) is 10.5. The van der Waals surface area contributed by atoms with Crippen molar-refractivity contribution in [3.05, 3.63) is 29.3 Å². The van der Waals surface area contributed by atoms with Crippen LogP contribution < -0.4 is 11.5 Å². The number of ketones is 1. The summed E-state index contributed by atoms with van der Waals surface area (Å²) in [6.07, 6.45) is 0. The fourth-order valence-corrected chi connectivity index (χ4v) is 2.69. The van der Waals surface area contributed by atoms with Gasteiger partial charge in [-0.15, -0.1) is 0 Å².